The Morgan fingerprint density at radius 1 is 1.33 bits per heavy atom. The fourth-order valence-corrected chi connectivity index (χ4v) is 2.16. The van der Waals surface area contributed by atoms with Crippen LogP contribution in [0.4, 0.5) is 4.39 Å². The molecule has 21 heavy (non-hydrogen) atoms. The van der Waals surface area contributed by atoms with Gasteiger partial charge in [0.2, 0.25) is 0 Å². The molecule has 0 saturated carbocycles. The average molecular weight is 355 g/mol. The zero-order chi connectivity index (χ0) is 15.5. The van der Waals surface area contributed by atoms with Crippen molar-refractivity contribution >= 4 is 15.9 Å². The Hall–Kier alpha value is -1.20. The van der Waals surface area contributed by atoms with Gasteiger partial charge in [0.15, 0.2) is 11.7 Å². The topological polar surface area (TPSA) is 38.1 Å². The molecule has 114 valence electrons. The number of halogens is 2. The molecule has 0 bridgehead atoms. The lowest BCUT2D eigenvalue weighted by molar-refractivity contribution is 0.412. The van der Waals surface area contributed by atoms with Crippen molar-refractivity contribution in [2.24, 2.45) is 0 Å². The van der Waals surface area contributed by atoms with Crippen LogP contribution in [0.25, 0.3) is 11.3 Å². The highest BCUT2D eigenvalue weighted by atomic mass is 79.9. The normalized spacial score (nSPS) is 11.9. The maximum atomic E-state index is 13.5. The monoisotopic (exact) mass is 354 g/mol. The van der Waals surface area contributed by atoms with Crippen molar-refractivity contribution in [3.05, 3.63) is 40.6 Å². The fraction of sp³-hybridized carbons (Fsp3) is 0.438. The summed E-state index contributed by atoms with van der Waals surface area (Å²) in [6.45, 7) is 7.32. The second-order valence-electron chi connectivity index (χ2n) is 6.03. The van der Waals surface area contributed by atoms with Crippen LogP contribution in [-0.4, -0.2) is 17.1 Å². The van der Waals surface area contributed by atoms with Crippen molar-refractivity contribution in [2.75, 3.05) is 6.54 Å². The predicted molar refractivity (Wildman–Crippen MR) is 85.7 cm³/mol. The molecule has 0 atom stereocenters. The third-order valence-electron chi connectivity index (χ3n) is 2.98. The number of aryl methyl sites for hydroxylation is 1. The summed E-state index contributed by atoms with van der Waals surface area (Å²) in [5.74, 6) is 0.976. The zero-order valence-electron chi connectivity index (χ0n) is 12.5. The summed E-state index contributed by atoms with van der Waals surface area (Å²) in [7, 11) is 0. The van der Waals surface area contributed by atoms with Gasteiger partial charge in [-0.25, -0.2) is 9.37 Å². The first-order chi connectivity index (χ1) is 9.85. The lowest BCUT2D eigenvalue weighted by atomic mass is 10.1. The molecule has 0 spiro atoms. The summed E-state index contributed by atoms with van der Waals surface area (Å²) in [5, 5.41) is 3.42. The van der Waals surface area contributed by atoms with Gasteiger partial charge in [-0.05, 0) is 67.9 Å². The Morgan fingerprint density at radius 2 is 2.10 bits per heavy atom. The molecule has 1 aromatic heterocycles. The minimum absolute atomic E-state index is 0.122. The van der Waals surface area contributed by atoms with E-state index in [-0.39, 0.29) is 11.4 Å². The van der Waals surface area contributed by atoms with E-state index in [1.165, 1.54) is 6.07 Å². The van der Waals surface area contributed by atoms with Crippen molar-refractivity contribution in [3.63, 3.8) is 0 Å². The summed E-state index contributed by atoms with van der Waals surface area (Å²) in [6.07, 6.45) is 3.36. The van der Waals surface area contributed by atoms with E-state index in [0.717, 1.165) is 19.4 Å². The van der Waals surface area contributed by atoms with Gasteiger partial charge in [0.25, 0.3) is 0 Å². The van der Waals surface area contributed by atoms with Gasteiger partial charge in [0.1, 0.15) is 5.82 Å². The second kappa shape index (κ2) is 6.71. The number of hydrogen-bond donors (Lipinski definition) is 1. The van der Waals surface area contributed by atoms with Crippen LogP contribution in [0.1, 0.15) is 33.1 Å². The van der Waals surface area contributed by atoms with Crippen molar-refractivity contribution in [1.82, 2.24) is 10.3 Å². The summed E-state index contributed by atoms with van der Waals surface area (Å²) in [5.41, 5.74) is 0.818. The van der Waals surface area contributed by atoms with Crippen LogP contribution < -0.4 is 5.32 Å². The fourth-order valence-electron chi connectivity index (χ4n) is 1.91. The van der Waals surface area contributed by atoms with E-state index < -0.39 is 0 Å². The van der Waals surface area contributed by atoms with E-state index in [9.17, 15) is 4.39 Å². The number of nitrogens with one attached hydrogen (secondary N) is 1. The Bertz CT molecular complexity index is 605. The number of aromatic nitrogens is 1. The summed E-state index contributed by atoms with van der Waals surface area (Å²) in [4.78, 5) is 4.25. The van der Waals surface area contributed by atoms with Crippen LogP contribution in [0.3, 0.4) is 0 Å². The Balaban J connectivity index is 1.93. The molecule has 0 radical (unpaired) electrons. The van der Waals surface area contributed by atoms with Gasteiger partial charge in [-0.3, -0.25) is 0 Å². The van der Waals surface area contributed by atoms with Gasteiger partial charge in [0, 0.05) is 17.5 Å². The zero-order valence-corrected chi connectivity index (χ0v) is 14.1. The minimum atomic E-state index is -0.306. The first kappa shape index (κ1) is 16.2. The van der Waals surface area contributed by atoms with E-state index in [4.69, 9.17) is 4.42 Å². The van der Waals surface area contributed by atoms with E-state index in [0.29, 0.717) is 21.7 Å². The third kappa shape index (κ3) is 4.93. The largest absolute Gasteiger partial charge is 0.441 e. The van der Waals surface area contributed by atoms with Crippen molar-refractivity contribution < 1.29 is 8.81 Å². The summed E-state index contributed by atoms with van der Waals surface area (Å²) < 4.78 is 19.6. The smallest absolute Gasteiger partial charge is 0.194 e. The molecule has 0 aliphatic heterocycles. The molecule has 1 N–H and O–H groups in total. The van der Waals surface area contributed by atoms with E-state index in [1.807, 2.05) is 0 Å². The Labute approximate surface area is 133 Å². The molecule has 0 aliphatic rings. The molecule has 0 amide bonds. The van der Waals surface area contributed by atoms with Crippen LogP contribution >= 0.6 is 15.9 Å². The maximum absolute atomic E-state index is 13.5. The Morgan fingerprint density at radius 3 is 2.76 bits per heavy atom. The first-order valence-corrected chi connectivity index (χ1v) is 7.79. The van der Waals surface area contributed by atoms with Gasteiger partial charge >= 0.3 is 0 Å². The van der Waals surface area contributed by atoms with Crippen molar-refractivity contribution in [1.29, 1.82) is 0 Å². The van der Waals surface area contributed by atoms with E-state index >= 15 is 0 Å². The maximum Gasteiger partial charge on any atom is 0.194 e. The van der Waals surface area contributed by atoms with Crippen LogP contribution in [0.15, 0.2) is 33.3 Å². The molecule has 5 heteroatoms. The molecule has 0 saturated heterocycles. The molecule has 2 rings (SSSR count). The average Bonchev–Trinajstić information content (AvgIpc) is 2.86. The summed E-state index contributed by atoms with van der Waals surface area (Å²) in [6, 6.07) is 4.91. The van der Waals surface area contributed by atoms with Gasteiger partial charge in [0.05, 0.1) is 10.7 Å². The van der Waals surface area contributed by atoms with E-state index in [2.05, 4.69) is 47.0 Å². The molecular formula is C16H20BrFN2O. The quantitative estimate of drug-likeness (QED) is 0.799. The minimum Gasteiger partial charge on any atom is -0.441 e. The van der Waals surface area contributed by atoms with Crippen LogP contribution in [0.2, 0.25) is 0 Å². The highest BCUT2D eigenvalue weighted by Gasteiger charge is 2.10. The standard InChI is InChI=1S/C16H20BrFN2O/c1-16(2,3)20-8-4-5-15-19-10-14(21-15)11-6-7-12(17)13(18)9-11/h6-7,9-10,20H,4-5,8H2,1-3H3. The molecule has 1 aromatic carbocycles. The first-order valence-electron chi connectivity index (χ1n) is 7.00. The SMILES string of the molecule is CC(C)(C)NCCCc1ncc(-c2ccc(Br)c(F)c2)o1. The van der Waals surface area contributed by atoms with Crippen LogP contribution in [-0.2, 0) is 6.42 Å². The highest BCUT2D eigenvalue weighted by molar-refractivity contribution is 9.10. The molecule has 2 aromatic rings. The number of nitrogens with zero attached hydrogens (tertiary/aromatic N) is 1. The lowest BCUT2D eigenvalue weighted by Crippen LogP contribution is -2.36. The third-order valence-corrected chi connectivity index (χ3v) is 3.62. The van der Waals surface area contributed by atoms with Crippen molar-refractivity contribution in [3.8, 4) is 11.3 Å². The predicted octanol–water partition coefficient (Wildman–Crippen LogP) is 4.56. The van der Waals surface area contributed by atoms with Gasteiger partial charge in [-0.2, -0.15) is 0 Å². The number of rotatable bonds is 5. The van der Waals surface area contributed by atoms with Gasteiger partial charge in [-0.15, -0.1) is 0 Å². The second-order valence-corrected chi connectivity index (χ2v) is 6.88. The lowest BCUT2D eigenvalue weighted by Gasteiger charge is -2.19. The molecular weight excluding hydrogens is 335 g/mol. The molecule has 0 unspecified atom stereocenters. The van der Waals surface area contributed by atoms with Crippen molar-refractivity contribution in [2.45, 2.75) is 39.2 Å². The molecule has 0 aliphatic carbocycles. The number of benzene rings is 1. The van der Waals surface area contributed by atoms with Crippen LogP contribution in [0.5, 0.6) is 0 Å². The molecule has 1 heterocycles. The number of hydrogen-bond acceptors (Lipinski definition) is 3. The van der Waals surface area contributed by atoms with Gasteiger partial charge < -0.3 is 9.73 Å². The Kier molecular flexibility index (Phi) is 5.17. The van der Waals surface area contributed by atoms with E-state index in [1.54, 1.807) is 18.3 Å². The number of oxazole rings is 1. The summed E-state index contributed by atoms with van der Waals surface area (Å²) >= 11 is 3.14. The molecule has 3 nitrogen and oxygen atoms in total. The van der Waals surface area contributed by atoms with Crippen LogP contribution in [0, 0.1) is 5.82 Å². The highest BCUT2D eigenvalue weighted by Crippen LogP contribution is 2.25. The molecule has 0 fully saturated rings. The van der Waals surface area contributed by atoms with Gasteiger partial charge in [-0.1, -0.05) is 0 Å².